The molecule has 0 bridgehead atoms. The molecular weight excluding hydrogens is 695 g/mol. The summed E-state index contributed by atoms with van der Waals surface area (Å²) in [5.41, 5.74) is 12.1. The van der Waals surface area contributed by atoms with Crippen molar-refractivity contribution in [2.75, 3.05) is 4.90 Å². The molecule has 56 heavy (non-hydrogen) atoms. The van der Waals surface area contributed by atoms with E-state index in [0.29, 0.717) is 0 Å². The first-order chi connectivity index (χ1) is 27.4. The van der Waals surface area contributed by atoms with Gasteiger partial charge in [-0.3, -0.25) is 0 Å². The molecule has 1 nitrogen and oxygen atoms in total. The highest BCUT2D eigenvalue weighted by molar-refractivity contribution is 7.26. The van der Waals surface area contributed by atoms with Gasteiger partial charge in [-0.05, 0) is 90.7 Å². The maximum atomic E-state index is 2.48. The number of hydrogen-bond acceptors (Lipinski definition) is 2. The molecule has 0 spiro atoms. The second-order valence-electron chi connectivity index (χ2n) is 15.7. The van der Waals surface area contributed by atoms with E-state index in [0.717, 1.165) is 11.4 Å². The van der Waals surface area contributed by atoms with Gasteiger partial charge in [0.2, 0.25) is 0 Å². The second kappa shape index (κ2) is 13.7. The summed E-state index contributed by atoms with van der Waals surface area (Å²) in [5, 5.41) is 7.81. The maximum Gasteiger partial charge on any atom is 0.0640 e. The normalized spacial score (nSPS) is 11.8. The molecule has 0 aliphatic heterocycles. The van der Waals surface area contributed by atoms with E-state index in [2.05, 4.69) is 220 Å². The Bertz CT molecular complexity index is 3040. The SMILES string of the molecule is CC(C)(C)c1cc2sc3c(N(c4ccc(-c5cccc6cccc(-c7ccccc7)c56)cc4)c4ccccc4-c4ccccc4)cccc3c2c2ccccc12. The zero-order valence-corrected chi connectivity index (χ0v) is 32.6. The van der Waals surface area contributed by atoms with Crippen LogP contribution >= 0.6 is 11.3 Å². The molecular formula is C54H41NS. The predicted octanol–water partition coefficient (Wildman–Crippen LogP) is 16.1. The molecule has 10 aromatic rings. The zero-order valence-electron chi connectivity index (χ0n) is 31.8. The molecule has 0 unspecified atom stereocenters. The minimum Gasteiger partial charge on any atom is -0.308 e. The van der Waals surface area contributed by atoms with Crippen LogP contribution in [0.3, 0.4) is 0 Å². The molecule has 10 rings (SSSR count). The summed E-state index contributed by atoms with van der Waals surface area (Å²) >= 11 is 1.91. The molecule has 0 aliphatic rings. The van der Waals surface area contributed by atoms with Gasteiger partial charge >= 0.3 is 0 Å². The molecule has 0 atom stereocenters. The fraction of sp³-hybridized carbons (Fsp3) is 0.0741. The minimum atomic E-state index is 0.0150. The fourth-order valence-electron chi connectivity index (χ4n) is 8.61. The minimum absolute atomic E-state index is 0.0150. The van der Waals surface area contributed by atoms with Crippen LogP contribution in [0.4, 0.5) is 17.1 Å². The summed E-state index contributed by atoms with van der Waals surface area (Å²) in [6, 6.07) is 71.2. The molecule has 9 aromatic carbocycles. The van der Waals surface area contributed by atoms with Crippen molar-refractivity contribution in [3.8, 4) is 33.4 Å². The third-order valence-electron chi connectivity index (χ3n) is 11.2. The lowest BCUT2D eigenvalue weighted by atomic mass is 9.83. The van der Waals surface area contributed by atoms with Gasteiger partial charge in [-0.1, -0.05) is 185 Å². The van der Waals surface area contributed by atoms with Gasteiger partial charge in [0, 0.05) is 26.7 Å². The van der Waals surface area contributed by atoms with E-state index in [9.17, 15) is 0 Å². The molecule has 0 N–H and O–H groups in total. The van der Waals surface area contributed by atoms with Gasteiger partial charge in [0.15, 0.2) is 0 Å². The van der Waals surface area contributed by atoms with Crippen molar-refractivity contribution in [2.24, 2.45) is 0 Å². The van der Waals surface area contributed by atoms with Gasteiger partial charge in [0.25, 0.3) is 0 Å². The lowest BCUT2D eigenvalue weighted by molar-refractivity contribution is 0.597. The van der Waals surface area contributed by atoms with E-state index in [-0.39, 0.29) is 5.41 Å². The first kappa shape index (κ1) is 34.0. The van der Waals surface area contributed by atoms with Crippen molar-refractivity contribution < 1.29 is 0 Å². The molecule has 0 saturated carbocycles. The Labute approximate surface area is 332 Å². The molecule has 0 saturated heterocycles. The van der Waals surface area contributed by atoms with Gasteiger partial charge in [-0.15, -0.1) is 11.3 Å². The molecule has 0 fully saturated rings. The largest absolute Gasteiger partial charge is 0.308 e. The van der Waals surface area contributed by atoms with Crippen LogP contribution in [0, 0.1) is 0 Å². The van der Waals surface area contributed by atoms with Gasteiger partial charge in [-0.25, -0.2) is 0 Å². The summed E-state index contributed by atoms with van der Waals surface area (Å²) in [6.07, 6.45) is 0. The second-order valence-corrected chi connectivity index (χ2v) is 16.7. The quantitative estimate of drug-likeness (QED) is 0.164. The van der Waals surface area contributed by atoms with Crippen molar-refractivity contribution in [1.82, 2.24) is 0 Å². The Morgan fingerprint density at radius 3 is 1.61 bits per heavy atom. The van der Waals surface area contributed by atoms with E-state index in [1.54, 1.807) is 0 Å². The van der Waals surface area contributed by atoms with Gasteiger partial charge in [0.05, 0.1) is 16.1 Å². The van der Waals surface area contributed by atoms with Gasteiger partial charge < -0.3 is 4.90 Å². The first-order valence-corrected chi connectivity index (χ1v) is 20.3. The summed E-state index contributed by atoms with van der Waals surface area (Å²) in [7, 11) is 0. The number of thiophene rings is 1. The highest BCUT2D eigenvalue weighted by Gasteiger charge is 2.24. The van der Waals surface area contributed by atoms with Gasteiger partial charge in [0.1, 0.15) is 0 Å². The van der Waals surface area contributed by atoms with Crippen LogP contribution < -0.4 is 4.90 Å². The van der Waals surface area contributed by atoms with Crippen LogP contribution in [0.5, 0.6) is 0 Å². The molecule has 0 radical (unpaired) electrons. The fourth-order valence-corrected chi connectivity index (χ4v) is 9.87. The van der Waals surface area contributed by atoms with Crippen LogP contribution in [0.1, 0.15) is 26.3 Å². The summed E-state index contributed by atoms with van der Waals surface area (Å²) in [4.78, 5) is 2.48. The van der Waals surface area contributed by atoms with Crippen molar-refractivity contribution in [2.45, 2.75) is 26.2 Å². The molecule has 1 aromatic heterocycles. The summed E-state index contributed by atoms with van der Waals surface area (Å²) in [5.74, 6) is 0. The number of anilines is 3. The Balaban J connectivity index is 1.20. The number of rotatable bonds is 6. The Hall–Kier alpha value is -6.48. The van der Waals surface area contributed by atoms with E-state index in [4.69, 9.17) is 0 Å². The third-order valence-corrected chi connectivity index (χ3v) is 12.4. The van der Waals surface area contributed by atoms with Crippen LogP contribution in [0.25, 0.3) is 75.1 Å². The van der Waals surface area contributed by atoms with E-state index in [1.165, 1.54) is 86.3 Å². The maximum absolute atomic E-state index is 2.48. The van der Waals surface area contributed by atoms with Crippen molar-refractivity contribution >= 4 is 70.1 Å². The lowest BCUT2D eigenvalue weighted by Crippen LogP contribution is -2.11. The number of nitrogens with zero attached hydrogens (tertiary/aromatic N) is 1. The zero-order chi connectivity index (χ0) is 37.8. The lowest BCUT2D eigenvalue weighted by Gasteiger charge is -2.28. The van der Waals surface area contributed by atoms with Crippen LogP contribution in [-0.2, 0) is 5.41 Å². The highest BCUT2D eigenvalue weighted by atomic mass is 32.1. The highest BCUT2D eigenvalue weighted by Crippen LogP contribution is 2.50. The van der Waals surface area contributed by atoms with Crippen LogP contribution in [0.2, 0.25) is 0 Å². The smallest absolute Gasteiger partial charge is 0.0640 e. The standard InChI is InChI=1S/C54H41NS/c1-54(2,3)47-35-50-52(45-25-11-10-24-44(45)47)46-28-16-30-49(53(46)56-50)55(48-29-13-12-23-41(48)36-17-6-4-7-18-36)40-33-31-38(32-34-40)43-27-15-22-39-21-14-26-42(51(39)43)37-19-8-5-9-20-37/h4-35H,1-3H3. The molecule has 2 heteroatoms. The monoisotopic (exact) mass is 735 g/mol. The van der Waals surface area contributed by atoms with Crippen LogP contribution in [0.15, 0.2) is 194 Å². The topological polar surface area (TPSA) is 3.24 Å². The molecule has 1 heterocycles. The van der Waals surface area contributed by atoms with Crippen molar-refractivity contribution in [1.29, 1.82) is 0 Å². The van der Waals surface area contributed by atoms with E-state index < -0.39 is 0 Å². The van der Waals surface area contributed by atoms with Crippen molar-refractivity contribution in [3.05, 3.63) is 200 Å². The van der Waals surface area contributed by atoms with Crippen molar-refractivity contribution in [3.63, 3.8) is 0 Å². The van der Waals surface area contributed by atoms with Crippen LogP contribution in [-0.4, -0.2) is 0 Å². The summed E-state index contributed by atoms with van der Waals surface area (Å²) < 4.78 is 2.61. The van der Waals surface area contributed by atoms with E-state index >= 15 is 0 Å². The molecule has 0 aliphatic carbocycles. The number of fused-ring (bicyclic) bond motifs is 6. The molecule has 0 amide bonds. The Morgan fingerprint density at radius 2 is 0.929 bits per heavy atom. The number of benzene rings is 9. The summed E-state index contributed by atoms with van der Waals surface area (Å²) in [6.45, 7) is 6.98. The predicted molar refractivity (Wildman–Crippen MR) is 244 cm³/mol. The van der Waals surface area contributed by atoms with E-state index in [1.807, 2.05) is 11.3 Å². The Kier molecular flexibility index (Phi) is 8.31. The first-order valence-electron chi connectivity index (χ1n) is 19.4. The number of hydrogen-bond donors (Lipinski definition) is 0. The van der Waals surface area contributed by atoms with Gasteiger partial charge in [-0.2, -0.15) is 0 Å². The average Bonchev–Trinajstić information content (AvgIpc) is 3.64. The average molecular weight is 736 g/mol. The Morgan fingerprint density at radius 1 is 0.411 bits per heavy atom. The third kappa shape index (κ3) is 5.77. The molecule has 268 valence electrons. The number of para-hydroxylation sites is 1.